The highest BCUT2D eigenvalue weighted by atomic mass is 79.9. The minimum Gasteiger partial charge on any atom is -0.378 e. The van der Waals surface area contributed by atoms with Gasteiger partial charge in [-0.05, 0) is 45.8 Å². The number of benzene rings is 1. The molecule has 1 amide bonds. The molecule has 24 heavy (non-hydrogen) atoms. The number of aromatic nitrogens is 1. The molecule has 126 valence electrons. The minimum absolute atomic E-state index is 0.106. The van der Waals surface area contributed by atoms with Crippen molar-refractivity contribution >= 4 is 44.8 Å². The summed E-state index contributed by atoms with van der Waals surface area (Å²) in [6.07, 6.45) is 3.62. The fourth-order valence-corrected chi connectivity index (χ4v) is 3.30. The summed E-state index contributed by atoms with van der Waals surface area (Å²) in [5, 5.41) is 3.50. The zero-order chi connectivity index (χ0) is 16.9. The number of pyridine rings is 1. The molecule has 1 fully saturated rings. The lowest BCUT2D eigenvalue weighted by molar-refractivity contribution is -0.115. The molecule has 0 unspecified atom stereocenters. The second kappa shape index (κ2) is 7.96. The predicted molar refractivity (Wildman–Crippen MR) is 98.8 cm³/mol. The number of halogens is 2. The highest BCUT2D eigenvalue weighted by molar-refractivity contribution is 9.10. The molecule has 2 heterocycles. The van der Waals surface area contributed by atoms with E-state index in [9.17, 15) is 4.79 Å². The Balaban J connectivity index is 1.64. The van der Waals surface area contributed by atoms with Crippen LogP contribution < -0.4 is 10.2 Å². The Bertz CT molecular complexity index is 736. The summed E-state index contributed by atoms with van der Waals surface area (Å²) in [5.41, 5.74) is 2.50. The van der Waals surface area contributed by atoms with Crippen LogP contribution in [0.5, 0.6) is 0 Å². The molecule has 7 heteroatoms. The molecule has 0 spiro atoms. The maximum Gasteiger partial charge on any atom is 0.228 e. The molecule has 0 radical (unpaired) electrons. The largest absolute Gasteiger partial charge is 0.378 e. The number of nitrogens with one attached hydrogen (secondary N) is 1. The number of carbonyl (C=O) groups excluding carboxylic acids is 1. The maximum atomic E-state index is 12.2. The van der Waals surface area contributed by atoms with Crippen LogP contribution in [0, 0.1) is 0 Å². The lowest BCUT2D eigenvalue weighted by atomic mass is 10.2. The van der Waals surface area contributed by atoms with E-state index in [2.05, 4.69) is 31.1 Å². The topological polar surface area (TPSA) is 54.5 Å². The molecule has 1 aromatic carbocycles. The smallest absolute Gasteiger partial charge is 0.228 e. The van der Waals surface area contributed by atoms with Gasteiger partial charge in [-0.25, -0.2) is 0 Å². The average molecular weight is 411 g/mol. The number of nitrogens with zero attached hydrogens (tertiary/aromatic N) is 2. The molecule has 1 aromatic heterocycles. The van der Waals surface area contributed by atoms with E-state index >= 15 is 0 Å². The summed E-state index contributed by atoms with van der Waals surface area (Å²) in [4.78, 5) is 18.4. The zero-order valence-electron chi connectivity index (χ0n) is 13.0. The van der Waals surface area contributed by atoms with Crippen molar-refractivity contribution < 1.29 is 9.53 Å². The van der Waals surface area contributed by atoms with Crippen molar-refractivity contribution in [2.24, 2.45) is 0 Å². The second-order valence-corrected chi connectivity index (χ2v) is 6.82. The first-order chi connectivity index (χ1) is 11.6. The molecule has 1 saturated heterocycles. The summed E-state index contributed by atoms with van der Waals surface area (Å²) in [5.74, 6) is -0.106. The highest BCUT2D eigenvalue weighted by Gasteiger charge is 2.15. The molecule has 3 rings (SSSR count). The Kier molecular flexibility index (Phi) is 5.71. The van der Waals surface area contributed by atoms with E-state index in [0.29, 0.717) is 23.9 Å². The molecule has 0 atom stereocenters. The first-order valence-electron chi connectivity index (χ1n) is 7.63. The normalized spacial score (nSPS) is 14.5. The maximum absolute atomic E-state index is 12.2. The van der Waals surface area contributed by atoms with Crippen LogP contribution >= 0.6 is 27.5 Å². The van der Waals surface area contributed by atoms with Crippen molar-refractivity contribution in [1.29, 1.82) is 0 Å². The lowest BCUT2D eigenvalue weighted by Gasteiger charge is -2.29. The Morgan fingerprint density at radius 2 is 2.08 bits per heavy atom. The number of anilines is 2. The standard InChI is InChI=1S/C17H17BrClN3O2/c18-13-7-12(10-20-11-13)8-17(23)21-14-1-2-16(15(19)9-14)22-3-5-24-6-4-22/h1-2,7,9-11H,3-6,8H2,(H,21,23). The van der Waals surface area contributed by atoms with Gasteiger partial charge in [-0.15, -0.1) is 0 Å². The van der Waals surface area contributed by atoms with Crippen molar-refractivity contribution in [2.45, 2.75) is 6.42 Å². The molecule has 0 aliphatic carbocycles. The highest BCUT2D eigenvalue weighted by Crippen LogP contribution is 2.29. The number of amides is 1. The van der Waals surface area contributed by atoms with Crippen LogP contribution in [0.15, 0.2) is 41.1 Å². The summed E-state index contributed by atoms with van der Waals surface area (Å²) in [6.45, 7) is 3.05. The minimum atomic E-state index is -0.106. The third-order valence-corrected chi connectivity index (χ3v) is 4.45. The molecule has 2 aromatic rings. The van der Waals surface area contributed by atoms with Gasteiger partial charge in [-0.2, -0.15) is 0 Å². The predicted octanol–water partition coefficient (Wildman–Crippen LogP) is 3.52. The van der Waals surface area contributed by atoms with Gasteiger partial charge < -0.3 is 15.0 Å². The fourth-order valence-electron chi connectivity index (χ4n) is 2.59. The summed E-state index contributed by atoms with van der Waals surface area (Å²) >= 11 is 9.73. The van der Waals surface area contributed by atoms with Gasteiger partial charge in [0, 0.05) is 35.6 Å². The van der Waals surface area contributed by atoms with E-state index in [1.54, 1.807) is 18.5 Å². The molecular weight excluding hydrogens is 394 g/mol. The number of rotatable bonds is 4. The summed E-state index contributed by atoms with van der Waals surface area (Å²) < 4.78 is 6.20. The van der Waals surface area contributed by atoms with Crippen LogP contribution in [0.4, 0.5) is 11.4 Å². The molecular formula is C17H17BrClN3O2. The van der Waals surface area contributed by atoms with Crippen molar-refractivity contribution in [2.75, 3.05) is 36.5 Å². The number of carbonyl (C=O) groups is 1. The Hall–Kier alpha value is -1.63. The van der Waals surface area contributed by atoms with E-state index < -0.39 is 0 Å². The van der Waals surface area contributed by atoms with Crippen LogP contribution in [-0.4, -0.2) is 37.2 Å². The van der Waals surface area contributed by atoms with Crippen molar-refractivity contribution in [3.63, 3.8) is 0 Å². The Morgan fingerprint density at radius 3 is 2.79 bits per heavy atom. The van der Waals surface area contributed by atoms with Crippen LogP contribution in [-0.2, 0) is 16.0 Å². The van der Waals surface area contributed by atoms with Gasteiger partial charge in [0.15, 0.2) is 0 Å². The van der Waals surface area contributed by atoms with Gasteiger partial charge in [0.25, 0.3) is 0 Å². The number of morpholine rings is 1. The SMILES string of the molecule is O=C(Cc1cncc(Br)c1)Nc1ccc(N2CCOCC2)c(Cl)c1. The average Bonchev–Trinajstić information content (AvgIpc) is 2.55. The van der Waals surface area contributed by atoms with E-state index in [4.69, 9.17) is 16.3 Å². The molecule has 1 aliphatic heterocycles. The number of ether oxygens (including phenoxy) is 1. The van der Waals surface area contributed by atoms with E-state index in [1.807, 2.05) is 18.2 Å². The van der Waals surface area contributed by atoms with Crippen molar-refractivity contribution in [1.82, 2.24) is 4.98 Å². The van der Waals surface area contributed by atoms with Gasteiger partial charge in [-0.1, -0.05) is 11.6 Å². The number of hydrogen-bond donors (Lipinski definition) is 1. The van der Waals surface area contributed by atoms with Crippen LogP contribution in [0.2, 0.25) is 5.02 Å². The zero-order valence-corrected chi connectivity index (χ0v) is 15.3. The van der Waals surface area contributed by atoms with Crippen LogP contribution in [0.3, 0.4) is 0 Å². The molecule has 0 saturated carbocycles. The second-order valence-electron chi connectivity index (χ2n) is 5.50. The molecule has 0 bridgehead atoms. The van der Waals surface area contributed by atoms with Gasteiger partial charge in [0.05, 0.1) is 30.3 Å². The first-order valence-corrected chi connectivity index (χ1v) is 8.80. The number of hydrogen-bond acceptors (Lipinski definition) is 4. The van der Waals surface area contributed by atoms with Crippen LogP contribution in [0.1, 0.15) is 5.56 Å². The van der Waals surface area contributed by atoms with Crippen molar-refractivity contribution in [3.8, 4) is 0 Å². The van der Waals surface area contributed by atoms with Gasteiger partial charge >= 0.3 is 0 Å². The Morgan fingerprint density at radius 1 is 1.29 bits per heavy atom. The van der Waals surface area contributed by atoms with E-state index in [0.717, 1.165) is 28.8 Å². The molecule has 1 N–H and O–H groups in total. The lowest BCUT2D eigenvalue weighted by Crippen LogP contribution is -2.36. The third-order valence-electron chi connectivity index (χ3n) is 3.71. The van der Waals surface area contributed by atoms with Gasteiger partial charge in [0.2, 0.25) is 5.91 Å². The molecule has 1 aliphatic rings. The third kappa shape index (κ3) is 4.47. The fraction of sp³-hybridized carbons (Fsp3) is 0.294. The summed E-state index contributed by atoms with van der Waals surface area (Å²) in [6, 6.07) is 7.46. The van der Waals surface area contributed by atoms with Crippen molar-refractivity contribution in [3.05, 3.63) is 51.7 Å². The quantitative estimate of drug-likeness (QED) is 0.838. The first kappa shape index (κ1) is 17.2. The Labute approximate surface area is 154 Å². The summed E-state index contributed by atoms with van der Waals surface area (Å²) in [7, 11) is 0. The van der Waals surface area contributed by atoms with Crippen LogP contribution in [0.25, 0.3) is 0 Å². The monoisotopic (exact) mass is 409 g/mol. The molecule has 5 nitrogen and oxygen atoms in total. The van der Waals surface area contributed by atoms with E-state index in [1.165, 1.54) is 0 Å². The van der Waals surface area contributed by atoms with Gasteiger partial charge in [-0.3, -0.25) is 9.78 Å². The van der Waals surface area contributed by atoms with E-state index in [-0.39, 0.29) is 12.3 Å². The van der Waals surface area contributed by atoms with Gasteiger partial charge in [0.1, 0.15) is 0 Å².